The average molecular weight is 308 g/mol. The van der Waals surface area contributed by atoms with Gasteiger partial charge < -0.3 is 9.47 Å². The van der Waals surface area contributed by atoms with Crippen LogP contribution < -0.4 is 9.47 Å². The third kappa shape index (κ3) is 3.67. The minimum absolute atomic E-state index is 0.0990. The van der Waals surface area contributed by atoms with Crippen LogP contribution in [0.2, 0.25) is 0 Å². The lowest BCUT2D eigenvalue weighted by atomic mass is 9.99. The highest BCUT2D eigenvalue weighted by atomic mass is 19.4. The van der Waals surface area contributed by atoms with Crippen LogP contribution in [-0.4, -0.2) is 18.5 Å². The van der Waals surface area contributed by atoms with Crippen molar-refractivity contribution in [2.75, 3.05) is 7.11 Å². The number of aromatic nitrogens is 1. The van der Waals surface area contributed by atoms with Gasteiger partial charge in [-0.3, -0.25) is 4.98 Å². The van der Waals surface area contributed by atoms with Gasteiger partial charge in [0.2, 0.25) is 0 Å². The van der Waals surface area contributed by atoms with Gasteiger partial charge in [-0.15, -0.1) is 13.2 Å². The first-order valence-corrected chi connectivity index (χ1v) is 6.18. The maximum absolute atomic E-state index is 12.1. The van der Waals surface area contributed by atoms with Gasteiger partial charge in [0.25, 0.3) is 0 Å². The molecule has 0 fully saturated rings. The Bertz CT molecular complexity index is 691. The summed E-state index contributed by atoms with van der Waals surface area (Å²) in [6.45, 7) is 0. The highest BCUT2D eigenvalue weighted by Crippen LogP contribution is 2.32. The quantitative estimate of drug-likeness (QED) is 0.863. The van der Waals surface area contributed by atoms with E-state index in [0.29, 0.717) is 22.4 Å². The second kappa shape index (κ2) is 6.35. The third-order valence-corrected chi connectivity index (χ3v) is 2.89. The molecule has 0 bridgehead atoms. The molecule has 0 radical (unpaired) electrons. The molecular formula is C15H11F3N2O2. The predicted molar refractivity (Wildman–Crippen MR) is 72.2 cm³/mol. The molecule has 1 aromatic carbocycles. The summed E-state index contributed by atoms with van der Waals surface area (Å²) in [5.41, 5.74) is 1.87. The van der Waals surface area contributed by atoms with Crippen LogP contribution in [0.15, 0.2) is 36.7 Å². The summed E-state index contributed by atoms with van der Waals surface area (Å²) in [6.07, 6.45) is -1.61. The van der Waals surface area contributed by atoms with Crippen LogP contribution in [0.5, 0.6) is 11.5 Å². The Morgan fingerprint density at radius 2 is 1.86 bits per heavy atom. The molecule has 2 rings (SSSR count). The second-order valence-corrected chi connectivity index (χ2v) is 4.27. The zero-order valence-electron chi connectivity index (χ0n) is 11.5. The summed E-state index contributed by atoms with van der Waals surface area (Å²) in [5, 5.41) is 8.91. The monoisotopic (exact) mass is 308 g/mol. The van der Waals surface area contributed by atoms with E-state index in [1.807, 2.05) is 6.07 Å². The zero-order chi connectivity index (χ0) is 16.2. The first kappa shape index (κ1) is 15.6. The largest absolute Gasteiger partial charge is 0.573 e. The smallest absolute Gasteiger partial charge is 0.495 e. The molecule has 22 heavy (non-hydrogen) atoms. The fourth-order valence-corrected chi connectivity index (χ4v) is 1.99. The van der Waals surface area contributed by atoms with Crippen molar-refractivity contribution in [1.82, 2.24) is 4.98 Å². The third-order valence-electron chi connectivity index (χ3n) is 2.89. The van der Waals surface area contributed by atoms with Gasteiger partial charge in [-0.2, -0.15) is 5.26 Å². The molecule has 0 atom stereocenters. The molecule has 0 N–H and O–H groups in total. The van der Waals surface area contributed by atoms with Gasteiger partial charge in [0, 0.05) is 17.3 Å². The van der Waals surface area contributed by atoms with Gasteiger partial charge in [-0.1, -0.05) is 12.1 Å². The lowest BCUT2D eigenvalue weighted by Crippen LogP contribution is -2.16. The van der Waals surface area contributed by atoms with Gasteiger partial charge in [-0.25, -0.2) is 0 Å². The van der Waals surface area contributed by atoms with Gasteiger partial charge >= 0.3 is 6.36 Å². The van der Waals surface area contributed by atoms with Crippen molar-refractivity contribution < 1.29 is 22.6 Å². The minimum atomic E-state index is -4.73. The molecule has 0 aliphatic rings. The molecule has 114 valence electrons. The molecular weight excluding hydrogens is 297 g/mol. The lowest BCUT2D eigenvalue weighted by Gasteiger charge is -2.12. The number of nitrogens with zero attached hydrogens (tertiary/aromatic N) is 2. The number of rotatable bonds is 4. The molecule has 2 aromatic rings. The first-order valence-electron chi connectivity index (χ1n) is 6.18. The normalized spacial score (nSPS) is 10.9. The standard InChI is InChI=1S/C15H11F3N2O2/c1-21-14-9-20-8-13(12(14)6-7-19)10-2-4-11(5-3-10)22-15(16,17)18/h2-5,8-9H,6H2,1H3. The van der Waals surface area contributed by atoms with E-state index in [0.717, 1.165) is 0 Å². The van der Waals surface area contributed by atoms with Crippen molar-refractivity contribution in [2.45, 2.75) is 12.8 Å². The predicted octanol–water partition coefficient (Wildman–Crippen LogP) is 3.72. The van der Waals surface area contributed by atoms with Crippen molar-refractivity contribution in [2.24, 2.45) is 0 Å². The molecule has 0 aliphatic carbocycles. The Labute approximate surface area is 124 Å². The van der Waals surface area contributed by atoms with Gasteiger partial charge in [0.15, 0.2) is 0 Å². The van der Waals surface area contributed by atoms with Crippen molar-refractivity contribution in [3.05, 3.63) is 42.2 Å². The van der Waals surface area contributed by atoms with E-state index in [1.54, 1.807) is 0 Å². The van der Waals surface area contributed by atoms with Gasteiger partial charge in [0.1, 0.15) is 11.5 Å². The van der Waals surface area contributed by atoms with E-state index in [1.165, 1.54) is 43.8 Å². The van der Waals surface area contributed by atoms with Crippen LogP contribution in [0, 0.1) is 11.3 Å². The van der Waals surface area contributed by atoms with E-state index in [4.69, 9.17) is 10.00 Å². The minimum Gasteiger partial charge on any atom is -0.495 e. The van der Waals surface area contributed by atoms with Crippen LogP contribution in [-0.2, 0) is 6.42 Å². The fourth-order valence-electron chi connectivity index (χ4n) is 1.99. The van der Waals surface area contributed by atoms with E-state index in [-0.39, 0.29) is 12.2 Å². The number of alkyl halides is 3. The Hall–Kier alpha value is -2.75. The van der Waals surface area contributed by atoms with E-state index >= 15 is 0 Å². The maximum Gasteiger partial charge on any atom is 0.573 e. The maximum atomic E-state index is 12.1. The number of hydrogen-bond donors (Lipinski definition) is 0. The molecule has 4 nitrogen and oxygen atoms in total. The van der Waals surface area contributed by atoms with Crippen molar-refractivity contribution in [3.8, 4) is 28.7 Å². The number of halogens is 3. The summed E-state index contributed by atoms with van der Waals surface area (Å²) in [4.78, 5) is 4.01. The topological polar surface area (TPSA) is 55.1 Å². The highest BCUT2D eigenvalue weighted by molar-refractivity contribution is 5.70. The Kier molecular flexibility index (Phi) is 4.51. The molecule has 1 heterocycles. The number of hydrogen-bond acceptors (Lipinski definition) is 4. The molecule has 0 unspecified atom stereocenters. The summed E-state index contributed by atoms with van der Waals surface area (Å²) < 4.78 is 45.4. The van der Waals surface area contributed by atoms with E-state index in [2.05, 4.69) is 9.72 Å². The number of ether oxygens (including phenoxy) is 2. The number of benzene rings is 1. The Morgan fingerprint density at radius 3 is 2.41 bits per heavy atom. The Balaban J connectivity index is 2.38. The van der Waals surface area contributed by atoms with Crippen molar-refractivity contribution >= 4 is 0 Å². The molecule has 0 saturated heterocycles. The van der Waals surface area contributed by atoms with Crippen molar-refractivity contribution in [1.29, 1.82) is 5.26 Å². The van der Waals surface area contributed by atoms with Gasteiger partial charge in [0.05, 0.1) is 25.8 Å². The summed E-state index contributed by atoms with van der Waals surface area (Å²) in [6, 6.07) is 7.38. The lowest BCUT2D eigenvalue weighted by molar-refractivity contribution is -0.274. The molecule has 7 heteroatoms. The average Bonchev–Trinajstić information content (AvgIpc) is 2.47. The van der Waals surface area contributed by atoms with E-state index in [9.17, 15) is 13.2 Å². The van der Waals surface area contributed by atoms with Crippen LogP contribution in [0.1, 0.15) is 5.56 Å². The Morgan fingerprint density at radius 1 is 1.18 bits per heavy atom. The van der Waals surface area contributed by atoms with Gasteiger partial charge in [-0.05, 0) is 17.7 Å². The number of pyridine rings is 1. The van der Waals surface area contributed by atoms with Crippen LogP contribution in [0.25, 0.3) is 11.1 Å². The molecule has 0 aliphatic heterocycles. The van der Waals surface area contributed by atoms with Crippen LogP contribution in [0.4, 0.5) is 13.2 Å². The first-order chi connectivity index (χ1) is 10.4. The fraction of sp³-hybridized carbons (Fsp3) is 0.200. The molecule has 0 spiro atoms. The van der Waals surface area contributed by atoms with Crippen LogP contribution >= 0.6 is 0 Å². The molecule has 1 aromatic heterocycles. The summed E-state index contributed by atoms with van der Waals surface area (Å²) in [7, 11) is 1.46. The zero-order valence-corrected chi connectivity index (χ0v) is 11.5. The number of methoxy groups -OCH3 is 1. The second-order valence-electron chi connectivity index (χ2n) is 4.27. The highest BCUT2D eigenvalue weighted by Gasteiger charge is 2.31. The number of nitriles is 1. The summed E-state index contributed by atoms with van der Waals surface area (Å²) >= 11 is 0. The molecule has 0 saturated carbocycles. The SMILES string of the molecule is COc1cncc(-c2ccc(OC(F)(F)F)cc2)c1CC#N. The van der Waals surface area contributed by atoms with Crippen molar-refractivity contribution in [3.63, 3.8) is 0 Å². The van der Waals surface area contributed by atoms with E-state index < -0.39 is 6.36 Å². The van der Waals surface area contributed by atoms with Crippen LogP contribution in [0.3, 0.4) is 0 Å². The summed E-state index contributed by atoms with van der Waals surface area (Å²) in [5.74, 6) is 0.142. The molecule has 0 amide bonds.